The fraction of sp³-hybridized carbons (Fsp3) is 0.308. The normalized spacial score (nSPS) is 11.8. The first-order valence-corrected chi connectivity index (χ1v) is 6.20. The number of nitrogen functional groups attached to an aromatic ring is 1. The molecule has 5 N–H and O–H groups in total. The summed E-state index contributed by atoms with van der Waals surface area (Å²) in [7, 11) is 0. The number of pyridine rings is 1. The van der Waals surface area contributed by atoms with Crippen LogP contribution in [0.4, 0.5) is 11.4 Å². The first-order valence-electron chi connectivity index (χ1n) is 5.82. The summed E-state index contributed by atoms with van der Waals surface area (Å²) in [6.45, 7) is 3.69. The van der Waals surface area contributed by atoms with E-state index in [2.05, 4.69) is 10.3 Å². The van der Waals surface area contributed by atoms with Crippen LogP contribution in [0, 0.1) is 0 Å². The highest BCUT2D eigenvalue weighted by Gasteiger charge is 2.16. The molecular formula is C13H16ClN3O2. The van der Waals surface area contributed by atoms with Crippen LogP contribution in [0.3, 0.4) is 0 Å². The summed E-state index contributed by atoms with van der Waals surface area (Å²) in [6, 6.07) is 4.76. The predicted molar refractivity (Wildman–Crippen MR) is 77.6 cm³/mol. The number of benzene rings is 1. The monoisotopic (exact) mass is 281 g/mol. The molecule has 6 heteroatoms. The number of halogens is 1. The van der Waals surface area contributed by atoms with Crippen molar-refractivity contribution in [1.29, 1.82) is 0 Å². The van der Waals surface area contributed by atoms with Gasteiger partial charge in [0.1, 0.15) is 5.75 Å². The SMILES string of the molecule is CC(C)(O)CNc1c(N)c(Cl)nc2cc(O)ccc12. The Bertz CT molecular complexity index is 623. The Morgan fingerprint density at radius 1 is 1.42 bits per heavy atom. The van der Waals surface area contributed by atoms with Crippen LogP contribution < -0.4 is 11.1 Å². The van der Waals surface area contributed by atoms with Crippen LogP contribution in [-0.4, -0.2) is 27.3 Å². The van der Waals surface area contributed by atoms with Gasteiger partial charge in [-0.25, -0.2) is 4.98 Å². The average molecular weight is 282 g/mol. The molecule has 0 amide bonds. The van der Waals surface area contributed by atoms with Gasteiger partial charge in [-0.15, -0.1) is 0 Å². The maximum Gasteiger partial charge on any atom is 0.154 e. The highest BCUT2D eigenvalue weighted by Crippen LogP contribution is 2.34. The molecule has 2 rings (SSSR count). The number of phenolic OH excluding ortho intramolecular Hbond substituents is 1. The molecule has 1 heterocycles. The van der Waals surface area contributed by atoms with Gasteiger partial charge in [-0.05, 0) is 26.0 Å². The van der Waals surface area contributed by atoms with Crippen molar-refractivity contribution in [2.24, 2.45) is 0 Å². The molecule has 2 aromatic rings. The molecule has 0 spiro atoms. The van der Waals surface area contributed by atoms with Crippen molar-refractivity contribution in [2.75, 3.05) is 17.6 Å². The van der Waals surface area contributed by atoms with Gasteiger partial charge < -0.3 is 21.3 Å². The number of nitrogens with two attached hydrogens (primary N) is 1. The fourth-order valence-corrected chi connectivity index (χ4v) is 1.92. The van der Waals surface area contributed by atoms with E-state index in [0.717, 1.165) is 5.39 Å². The summed E-state index contributed by atoms with van der Waals surface area (Å²) in [6.07, 6.45) is 0. The Labute approximate surface area is 116 Å². The van der Waals surface area contributed by atoms with E-state index < -0.39 is 5.60 Å². The number of anilines is 2. The Morgan fingerprint density at radius 3 is 2.74 bits per heavy atom. The van der Waals surface area contributed by atoms with Crippen LogP contribution >= 0.6 is 11.6 Å². The van der Waals surface area contributed by atoms with Gasteiger partial charge in [0.2, 0.25) is 0 Å². The summed E-state index contributed by atoms with van der Waals surface area (Å²) in [5, 5.41) is 23.2. The zero-order chi connectivity index (χ0) is 14.2. The van der Waals surface area contributed by atoms with E-state index in [1.807, 2.05) is 0 Å². The molecule has 0 aliphatic heterocycles. The van der Waals surface area contributed by atoms with Gasteiger partial charge in [-0.1, -0.05) is 11.6 Å². The molecule has 0 aliphatic carbocycles. The van der Waals surface area contributed by atoms with E-state index >= 15 is 0 Å². The number of aromatic nitrogens is 1. The number of nitrogens with zero attached hydrogens (tertiary/aromatic N) is 1. The van der Waals surface area contributed by atoms with Gasteiger partial charge in [-0.3, -0.25) is 0 Å². The highest BCUT2D eigenvalue weighted by molar-refractivity contribution is 6.33. The molecule has 5 nitrogen and oxygen atoms in total. The molecule has 102 valence electrons. The van der Waals surface area contributed by atoms with Crippen molar-refractivity contribution in [3.8, 4) is 5.75 Å². The van der Waals surface area contributed by atoms with E-state index in [4.69, 9.17) is 17.3 Å². The van der Waals surface area contributed by atoms with E-state index in [-0.39, 0.29) is 10.9 Å². The molecule has 0 atom stereocenters. The smallest absolute Gasteiger partial charge is 0.154 e. The maximum absolute atomic E-state index is 9.76. The summed E-state index contributed by atoms with van der Waals surface area (Å²) < 4.78 is 0. The lowest BCUT2D eigenvalue weighted by atomic mass is 10.1. The zero-order valence-corrected chi connectivity index (χ0v) is 11.5. The van der Waals surface area contributed by atoms with Crippen molar-refractivity contribution in [1.82, 2.24) is 4.98 Å². The second-order valence-corrected chi connectivity index (χ2v) is 5.42. The maximum atomic E-state index is 9.76. The number of hydrogen-bond acceptors (Lipinski definition) is 5. The number of phenols is 1. The molecule has 1 aromatic carbocycles. The lowest BCUT2D eigenvalue weighted by molar-refractivity contribution is 0.0946. The zero-order valence-electron chi connectivity index (χ0n) is 10.7. The van der Waals surface area contributed by atoms with E-state index in [1.165, 1.54) is 6.07 Å². The number of nitrogens with one attached hydrogen (secondary N) is 1. The van der Waals surface area contributed by atoms with Crippen molar-refractivity contribution in [3.63, 3.8) is 0 Å². The number of aliphatic hydroxyl groups is 1. The molecular weight excluding hydrogens is 266 g/mol. The van der Waals surface area contributed by atoms with E-state index in [0.29, 0.717) is 23.4 Å². The van der Waals surface area contributed by atoms with E-state index in [9.17, 15) is 10.2 Å². The third-order valence-corrected chi connectivity index (χ3v) is 2.95. The Morgan fingerprint density at radius 2 is 2.11 bits per heavy atom. The molecule has 0 aliphatic rings. The Balaban J connectivity index is 2.54. The Kier molecular flexibility index (Phi) is 3.43. The summed E-state index contributed by atoms with van der Waals surface area (Å²) in [4.78, 5) is 4.12. The van der Waals surface area contributed by atoms with Crippen LogP contribution in [0.2, 0.25) is 5.15 Å². The van der Waals surface area contributed by atoms with Gasteiger partial charge in [0.15, 0.2) is 5.15 Å². The van der Waals surface area contributed by atoms with Crippen molar-refractivity contribution < 1.29 is 10.2 Å². The van der Waals surface area contributed by atoms with Gasteiger partial charge >= 0.3 is 0 Å². The summed E-state index contributed by atoms with van der Waals surface area (Å²) >= 11 is 5.97. The number of rotatable bonds is 3. The van der Waals surface area contributed by atoms with Gasteiger partial charge in [0, 0.05) is 18.0 Å². The third kappa shape index (κ3) is 3.00. The van der Waals surface area contributed by atoms with E-state index in [1.54, 1.807) is 26.0 Å². The molecule has 0 bridgehead atoms. The average Bonchev–Trinajstić information content (AvgIpc) is 2.28. The first kappa shape index (κ1) is 13.7. The molecule has 0 saturated carbocycles. The fourth-order valence-electron chi connectivity index (χ4n) is 1.73. The van der Waals surface area contributed by atoms with Gasteiger partial charge in [-0.2, -0.15) is 0 Å². The highest BCUT2D eigenvalue weighted by atomic mass is 35.5. The number of hydrogen-bond donors (Lipinski definition) is 4. The molecule has 1 aromatic heterocycles. The largest absolute Gasteiger partial charge is 0.508 e. The second-order valence-electron chi connectivity index (χ2n) is 5.06. The van der Waals surface area contributed by atoms with Crippen LogP contribution in [-0.2, 0) is 0 Å². The number of aromatic hydroxyl groups is 1. The molecule has 0 radical (unpaired) electrons. The lowest BCUT2D eigenvalue weighted by Gasteiger charge is -2.20. The van der Waals surface area contributed by atoms with Crippen molar-refractivity contribution >= 4 is 33.9 Å². The second kappa shape index (κ2) is 4.75. The van der Waals surface area contributed by atoms with Crippen molar-refractivity contribution in [3.05, 3.63) is 23.4 Å². The predicted octanol–water partition coefficient (Wildman–Crippen LogP) is 2.36. The minimum absolute atomic E-state index is 0.106. The number of fused-ring (bicyclic) bond motifs is 1. The van der Waals surface area contributed by atoms with Gasteiger partial charge in [0.25, 0.3) is 0 Å². The van der Waals surface area contributed by atoms with Crippen LogP contribution in [0.1, 0.15) is 13.8 Å². The van der Waals surface area contributed by atoms with Gasteiger partial charge in [0.05, 0.1) is 22.5 Å². The summed E-state index contributed by atoms with van der Waals surface area (Å²) in [5.74, 6) is 0.106. The molecule has 19 heavy (non-hydrogen) atoms. The van der Waals surface area contributed by atoms with Crippen molar-refractivity contribution in [2.45, 2.75) is 19.4 Å². The van der Waals surface area contributed by atoms with Crippen LogP contribution in [0.5, 0.6) is 5.75 Å². The molecule has 0 fully saturated rings. The topological polar surface area (TPSA) is 91.4 Å². The minimum atomic E-state index is -0.884. The lowest BCUT2D eigenvalue weighted by Crippen LogP contribution is -2.29. The standard InChI is InChI=1S/C13H16ClN3O2/c1-13(2,19)6-16-11-8-4-3-7(18)5-9(8)17-12(14)10(11)15/h3-5,18-19H,6,15H2,1-2H3,(H,16,17). The van der Waals surface area contributed by atoms with Crippen LogP contribution in [0.15, 0.2) is 18.2 Å². The quantitative estimate of drug-likeness (QED) is 0.648. The molecule has 0 saturated heterocycles. The third-order valence-electron chi connectivity index (χ3n) is 2.66. The summed E-state index contributed by atoms with van der Waals surface area (Å²) in [5.41, 5.74) is 6.50. The van der Waals surface area contributed by atoms with Crippen LogP contribution in [0.25, 0.3) is 10.9 Å². The Hall–Kier alpha value is -1.72. The molecule has 0 unspecified atom stereocenters. The minimum Gasteiger partial charge on any atom is -0.508 e. The first-order chi connectivity index (χ1) is 8.78.